The molecule has 1 aliphatic heterocycles. The van der Waals surface area contributed by atoms with Crippen LogP contribution in [0, 0.1) is 13.8 Å². The van der Waals surface area contributed by atoms with Crippen LogP contribution in [0.25, 0.3) is 5.69 Å². The van der Waals surface area contributed by atoms with Crippen molar-refractivity contribution >= 4 is 33.7 Å². The largest absolute Gasteiger partial charge is 0.325 e. The first-order valence-corrected chi connectivity index (χ1v) is 11.3. The number of nitrogens with zero attached hydrogens (tertiary/aromatic N) is 2. The first kappa shape index (κ1) is 20.7. The van der Waals surface area contributed by atoms with E-state index in [1.165, 1.54) is 0 Å². The number of ketones is 1. The number of carbonyl (C=O) groups is 3. The molecule has 6 nitrogen and oxygen atoms in total. The lowest BCUT2D eigenvalue weighted by atomic mass is 9.92. The number of imide groups is 1. The molecule has 2 aromatic carbocycles. The van der Waals surface area contributed by atoms with Crippen molar-refractivity contribution in [3.63, 3.8) is 0 Å². The third kappa shape index (κ3) is 3.03. The lowest BCUT2D eigenvalue weighted by Gasteiger charge is -2.22. The van der Waals surface area contributed by atoms with E-state index in [4.69, 9.17) is 0 Å². The number of amides is 3. The molecule has 2 heterocycles. The van der Waals surface area contributed by atoms with Crippen LogP contribution in [0.4, 0.5) is 4.79 Å². The Bertz CT molecular complexity index is 1300. The Morgan fingerprint density at radius 1 is 1.09 bits per heavy atom. The van der Waals surface area contributed by atoms with Crippen molar-refractivity contribution in [2.24, 2.45) is 0 Å². The molecule has 1 saturated heterocycles. The number of urea groups is 1. The van der Waals surface area contributed by atoms with Crippen LogP contribution in [0.15, 0.2) is 59.1 Å². The maximum absolute atomic E-state index is 13.4. The number of aromatic nitrogens is 1. The molecule has 3 amide bonds. The Balaban J connectivity index is 1.44. The molecule has 0 radical (unpaired) electrons. The second-order valence-electron chi connectivity index (χ2n) is 8.41. The van der Waals surface area contributed by atoms with Crippen molar-refractivity contribution in [2.45, 2.75) is 32.2 Å². The van der Waals surface area contributed by atoms with Gasteiger partial charge in [-0.25, -0.2) is 4.79 Å². The van der Waals surface area contributed by atoms with E-state index in [1.807, 2.05) is 73.0 Å². The summed E-state index contributed by atoms with van der Waals surface area (Å²) in [5.74, 6) is -0.604. The number of fused-ring (bicyclic) bond motifs is 2. The van der Waals surface area contributed by atoms with E-state index in [9.17, 15) is 14.4 Å². The van der Waals surface area contributed by atoms with Gasteiger partial charge in [-0.15, -0.1) is 0 Å². The number of hydrogen-bond acceptors (Lipinski definition) is 3. The Morgan fingerprint density at radius 3 is 2.66 bits per heavy atom. The molecule has 1 N–H and O–H groups in total. The molecule has 32 heavy (non-hydrogen) atoms. The zero-order valence-electron chi connectivity index (χ0n) is 17.8. The smallest absolute Gasteiger partial charge is 0.319 e. The van der Waals surface area contributed by atoms with Crippen LogP contribution in [-0.2, 0) is 16.8 Å². The average molecular weight is 492 g/mol. The summed E-state index contributed by atoms with van der Waals surface area (Å²) in [7, 11) is 0. The minimum Gasteiger partial charge on any atom is -0.319 e. The molecule has 1 aliphatic carbocycles. The lowest BCUT2D eigenvalue weighted by Crippen LogP contribution is -2.42. The fourth-order valence-corrected chi connectivity index (χ4v) is 5.41. The minimum absolute atomic E-state index is 0.258. The molecule has 3 aromatic rings. The Hall–Kier alpha value is -3.19. The van der Waals surface area contributed by atoms with Crippen molar-refractivity contribution < 1.29 is 14.4 Å². The van der Waals surface area contributed by atoms with Crippen molar-refractivity contribution in [1.82, 2.24) is 14.8 Å². The fraction of sp³-hybridized carbons (Fsp3) is 0.240. The quantitative estimate of drug-likeness (QED) is 0.433. The van der Waals surface area contributed by atoms with E-state index in [0.717, 1.165) is 44.0 Å². The predicted molar refractivity (Wildman–Crippen MR) is 124 cm³/mol. The third-order valence-electron chi connectivity index (χ3n) is 6.52. The number of nitrogens with one attached hydrogen (secondary N) is 1. The number of benzene rings is 2. The van der Waals surface area contributed by atoms with E-state index in [0.29, 0.717) is 12.0 Å². The topological polar surface area (TPSA) is 71.4 Å². The number of hydrogen-bond donors (Lipinski definition) is 1. The van der Waals surface area contributed by atoms with E-state index in [2.05, 4.69) is 21.2 Å². The van der Waals surface area contributed by atoms with Gasteiger partial charge in [-0.05, 0) is 62.1 Å². The zero-order chi connectivity index (χ0) is 22.6. The van der Waals surface area contributed by atoms with Crippen molar-refractivity contribution in [1.29, 1.82) is 0 Å². The first-order chi connectivity index (χ1) is 15.3. The summed E-state index contributed by atoms with van der Waals surface area (Å²) in [6, 6.07) is 16.8. The highest BCUT2D eigenvalue weighted by Gasteiger charge is 2.55. The molecular weight excluding hydrogens is 470 g/mol. The second kappa shape index (κ2) is 7.45. The average Bonchev–Trinajstić information content (AvgIpc) is 3.36. The van der Waals surface area contributed by atoms with Crippen LogP contribution in [-0.4, -0.2) is 33.7 Å². The number of Topliss-reactive ketones (excluding diaryl/α,β-unsaturated/α-hetero) is 1. The van der Waals surface area contributed by atoms with Gasteiger partial charge < -0.3 is 9.88 Å². The van der Waals surface area contributed by atoms with Crippen molar-refractivity contribution in [3.05, 3.63) is 87.1 Å². The summed E-state index contributed by atoms with van der Waals surface area (Å²) in [4.78, 5) is 40.4. The van der Waals surface area contributed by atoms with Gasteiger partial charge in [0.1, 0.15) is 5.54 Å². The normalized spacial score (nSPS) is 19.5. The third-order valence-corrected chi connectivity index (χ3v) is 7.02. The fourth-order valence-electron chi connectivity index (χ4n) is 5.02. The Labute approximate surface area is 194 Å². The molecule has 162 valence electrons. The number of rotatable bonds is 4. The maximum Gasteiger partial charge on any atom is 0.325 e. The van der Waals surface area contributed by atoms with Crippen LogP contribution < -0.4 is 5.32 Å². The molecular formula is C25H22BrN3O3. The maximum atomic E-state index is 13.4. The molecule has 7 heteroatoms. The van der Waals surface area contributed by atoms with Gasteiger partial charge in [0.2, 0.25) is 0 Å². The van der Waals surface area contributed by atoms with Gasteiger partial charge in [0.15, 0.2) is 5.78 Å². The summed E-state index contributed by atoms with van der Waals surface area (Å²) in [5.41, 5.74) is 3.97. The summed E-state index contributed by atoms with van der Waals surface area (Å²) in [6.07, 6.45) is 1.23. The second-order valence-corrected chi connectivity index (χ2v) is 9.32. The van der Waals surface area contributed by atoms with Gasteiger partial charge in [-0.2, -0.15) is 0 Å². The summed E-state index contributed by atoms with van der Waals surface area (Å²) < 4.78 is 2.94. The monoisotopic (exact) mass is 491 g/mol. The first-order valence-electron chi connectivity index (χ1n) is 10.5. The molecule has 5 rings (SSSR count). The van der Waals surface area contributed by atoms with Gasteiger partial charge in [0.05, 0.1) is 6.54 Å². The van der Waals surface area contributed by atoms with E-state index >= 15 is 0 Å². The van der Waals surface area contributed by atoms with Crippen LogP contribution >= 0.6 is 15.9 Å². The number of halogens is 1. The SMILES string of the molecule is Cc1cc(C(=O)CN2C(=O)NC3(CCc4ccccc43)C2=O)c(C)n1-c1cccc(Br)c1. The predicted octanol–water partition coefficient (Wildman–Crippen LogP) is 4.43. The highest BCUT2D eigenvalue weighted by molar-refractivity contribution is 9.10. The molecule has 2 aliphatic rings. The van der Waals surface area contributed by atoms with Crippen molar-refractivity contribution in [2.75, 3.05) is 6.54 Å². The summed E-state index contributed by atoms with van der Waals surface area (Å²) in [6.45, 7) is 3.53. The molecule has 1 fully saturated rings. The summed E-state index contributed by atoms with van der Waals surface area (Å²) >= 11 is 3.49. The van der Waals surface area contributed by atoms with Crippen LogP contribution in [0.5, 0.6) is 0 Å². The van der Waals surface area contributed by atoms with Gasteiger partial charge >= 0.3 is 6.03 Å². The van der Waals surface area contributed by atoms with E-state index < -0.39 is 11.6 Å². The van der Waals surface area contributed by atoms with Gasteiger partial charge in [-0.1, -0.05) is 46.3 Å². The minimum atomic E-state index is -1.05. The summed E-state index contributed by atoms with van der Waals surface area (Å²) in [5, 5.41) is 2.88. The standard InChI is InChI=1S/C25H22BrN3O3/c1-15-12-20(16(2)29(15)19-8-5-7-18(26)13-19)22(30)14-28-23(31)25(27-24(28)32)11-10-17-6-3-4-9-21(17)25/h3-9,12-13H,10-11,14H2,1-2H3,(H,27,32). The highest BCUT2D eigenvalue weighted by Crippen LogP contribution is 2.41. The number of carbonyl (C=O) groups excluding carboxylic acids is 3. The Morgan fingerprint density at radius 2 is 1.88 bits per heavy atom. The van der Waals surface area contributed by atoms with Gasteiger partial charge in [-0.3, -0.25) is 14.5 Å². The van der Waals surface area contributed by atoms with E-state index in [1.54, 1.807) is 0 Å². The van der Waals surface area contributed by atoms with E-state index in [-0.39, 0.29) is 18.2 Å². The molecule has 1 aromatic heterocycles. The molecule has 0 bridgehead atoms. The zero-order valence-corrected chi connectivity index (χ0v) is 19.4. The van der Waals surface area contributed by atoms with Crippen LogP contribution in [0.3, 0.4) is 0 Å². The molecule has 1 unspecified atom stereocenters. The van der Waals surface area contributed by atoms with Gasteiger partial charge in [0, 0.05) is 27.1 Å². The van der Waals surface area contributed by atoms with Crippen LogP contribution in [0.2, 0.25) is 0 Å². The molecule has 1 atom stereocenters. The lowest BCUT2D eigenvalue weighted by molar-refractivity contribution is -0.131. The van der Waals surface area contributed by atoms with Gasteiger partial charge in [0.25, 0.3) is 5.91 Å². The van der Waals surface area contributed by atoms with Crippen LogP contribution in [0.1, 0.15) is 39.3 Å². The Kier molecular flexibility index (Phi) is 4.82. The molecule has 1 spiro atoms. The number of aryl methyl sites for hydroxylation is 2. The highest BCUT2D eigenvalue weighted by atomic mass is 79.9. The van der Waals surface area contributed by atoms with Crippen molar-refractivity contribution in [3.8, 4) is 5.69 Å². The molecule has 0 saturated carbocycles.